The lowest BCUT2D eigenvalue weighted by molar-refractivity contribution is 0.628. The van der Waals surface area contributed by atoms with E-state index in [9.17, 15) is 9.18 Å². The van der Waals surface area contributed by atoms with Crippen LogP contribution in [0.5, 0.6) is 0 Å². The minimum Gasteiger partial charge on any atom is -0.353 e. The minimum atomic E-state index is -0.386. The summed E-state index contributed by atoms with van der Waals surface area (Å²) >= 11 is 6.14. The number of aromatic nitrogens is 2. The van der Waals surface area contributed by atoms with Crippen molar-refractivity contribution >= 4 is 23.0 Å². The number of nitrogens with zero attached hydrogens (tertiary/aromatic N) is 2. The van der Waals surface area contributed by atoms with Gasteiger partial charge in [0, 0.05) is 5.69 Å². The molecule has 2 aromatic carbocycles. The number of benzene rings is 2. The largest absolute Gasteiger partial charge is 0.353 e. The molecule has 0 bridgehead atoms. The molecule has 0 aliphatic carbocycles. The zero-order valence-electron chi connectivity index (χ0n) is 12.0. The van der Waals surface area contributed by atoms with Crippen LogP contribution in [-0.2, 0) is 6.54 Å². The molecule has 0 spiro atoms. The summed E-state index contributed by atoms with van der Waals surface area (Å²) in [6, 6.07) is 15.3. The molecule has 1 heterocycles. The molecule has 0 aliphatic rings. The highest BCUT2D eigenvalue weighted by molar-refractivity contribution is 6.33. The fourth-order valence-electron chi connectivity index (χ4n) is 2.11. The summed E-state index contributed by atoms with van der Waals surface area (Å²) in [5, 5.41) is 7.13. The van der Waals surface area contributed by atoms with Gasteiger partial charge in [-0.2, -0.15) is 5.10 Å². The molecule has 0 saturated heterocycles. The average Bonchev–Trinajstić information content (AvgIpc) is 2.57. The standard InChI is InChI=1S/C17H13ClFN3O/c18-16-15(21-14-8-6-13(19)7-9-14)10-20-22(17(16)23)11-12-4-2-1-3-5-12/h1-10,21H,11H2. The van der Waals surface area contributed by atoms with Crippen LogP contribution in [0.1, 0.15) is 5.56 Å². The molecule has 116 valence electrons. The number of hydrogen-bond donors (Lipinski definition) is 1. The molecule has 1 N–H and O–H groups in total. The SMILES string of the molecule is O=c1c(Cl)c(Nc2ccc(F)cc2)cnn1Cc1ccccc1. The van der Waals surface area contributed by atoms with Gasteiger partial charge >= 0.3 is 0 Å². The number of anilines is 2. The molecular weight excluding hydrogens is 317 g/mol. The molecule has 0 atom stereocenters. The Hall–Kier alpha value is -2.66. The lowest BCUT2D eigenvalue weighted by Gasteiger charge is -2.10. The zero-order chi connectivity index (χ0) is 16.2. The molecule has 4 nitrogen and oxygen atoms in total. The van der Waals surface area contributed by atoms with Crippen molar-refractivity contribution in [3.63, 3.8) is 0 Å². The van der Waals surface area contributed by atoms with Gasteiger partial charge < -0.3 is 5.32 Å². The van der Waals surface area contributed by atoms with E-state index in [2.05, 4.69) is 10.4 Å². The van der Waals surface area contributed by atoms with E-state index in [1.807, 2.05) is 30.3 Å². The van der Waals surface area contributed by atoms with Crippen molar-refractivity contribution < 1.29 is 4.39 Å². The fraction of sp³-hybridized carbons (Fsp3) is 0.0588. The number of nitrogens with one attached hydrogen (secondary N) is 1. The highest BCUT2D eigenvalue weighted by Crippen LogP contribution is 2.21. The molecule has 3 rings (SSSR count). The Bertz CT molecular complexity index is 863. The van der Waals surface area contributed by atoms with E-state index in [1.165, 1.54) is 23.0 Å². The summed E-state index contributed by atoms with van der Waals surface area (Å²) in [6.45, 7) is 0.343. The van der Waals surface area contributed by atoms with Crippen LogP contribution in [0.15, 0.2) is 65.6 Å². The molecule has 3 aromatic rings. The molecule has 23 heavy (non-hydrogen) atoms. The van der Waals surface area contributed by atoms with Crippen molar-refractivity contribution in [2.24, 2.45) is 0 Å². The first-order valence-corrected chi connectivity index (χ1v) is 7.33. The second-order valence-electron chi connectivity index (χ2n) is 4.95. The Morgan fingerprint density at radius 3 is 2.48 bits per heavy atom. The second-order valence-corrected chi connectivity index (χ2v) is 5.33. The molecule has 0 saturated carbocycles. The van der Waals surface area contributed by atoms with Gasteiger partial charge in [-0.1, -0.05) is 41.9 Å². The maximum atomic E-state index is 12.9. The summed E-state index contributed by atoms with van der Waals surface area (Å²) in [5.41, 5.74) is 1.57. The van der Waals surface area contributed by atoms with E-state index in [1.54, 1.807) is 12.1 Å². The van der Waals surface area contributed by atoms with Crippen molar-refractivity contribution in [3.05, 3.63) is 87.6 Å². The van der Waals surface area contributed by atoms with Gasteiger partial charge in [0.2, 0.25) is 0 Å². The van der Waals surface area contributed by atoms with Crippen molar-refractivity contribution in [1.82, 2.24) is 9.78 Å². The number of hydrogen-bond acceptors (Lipinski definition) is 3. The second kappa shape index (κ2) is 6.62. The molecule has 1 aromatic heterocycles. The summed E-state index contributed by atoms with van der Waals surface area (Å²) < 4.78 is 14.2. The third kappa shape index (κ3) is 3.57. The molecule has 0 fully saturated rings. The monoisotopic (exact) mass is 329 g/mol. The topological polar surface area (TPSA) is 46.9 Å². The van der Waals surface area contributed by atoms with Crippen LogP contribution in [-0.4, -0.2) is 9.78 Å². The summed E-state index contributed by atoms with van der Waals surface area (Å²) in [5.74, 6) is -0.335. The van der Waals surface area contributed by atoms with Gasteiger partial charge in [-0.05, 0) is 29.8 Å². The van der Waals surface area contributed by atoms with Gasteiger partial charge in [0.1, 0.15) is 10.8 Å². The Labute approximate surface area is 137 Å². The van der Waals surface area contributed by atoms with Gasteiger partial charge in [0.25, 0.3) is 5.56 Å². The van der Waals surface area contributed by atoms with E-state index in [4.69, 9.17) is 11.6 Å². The van der Waals surface area contributed by atoms with Crippen molar-refractivity contribution in [2.45, 2.75) is 6.54 Å². The quantitative estimate of drug-likeness (QED) is 0.791. The summed E-state index contributed by atoms with van der Waals surface area (Å²) in [6.07, 6.45) is 1.48. The molecule has 0 aliphatic heterocycles. The lowest BCUT2D eigenvalue weighted by atomic mass is 10.2. The number of rotatable bonds is 4. The summed E-state index contributed by atoms with van der Waals surface area (Å²) in [7, 11) is 0. The first-order chi connectivity index (χ1) is 11.1. The molecule has 0 amide bonds. The van der Waals surface area contributed by atoms with Gasteiger partial charge in [0.15, 0.2) is 0 Å². The van der Waals surface area contributed by atoms with Crippen LogP contribution in [0.25, 0.3) is 0 Å². The Balaban J connectivity index is 1.85. The van der Waals surface area contributed by atoms with Crippen molar-refractivity contribution in [3.8, 4) is 0 Å². The van der Waals surface area contributed by atoms with E-state index in [-0.39, 0.29) is 16.4 Å². The van der Waals surface area contributed by atoms with Crippen LogP contribution < -0.4 is 10.9 Å². The first kappa shape index (κ1) is 15.2. The fourth-order valence-corrected chi connectivity index (χ4v) is 2.30. The third-order valence-electron chi connectivity index (χ3n) is 3.28. The van der Waals surface area contributed by atoms with Gasteiger partial charge in [-0.25, -0.2) is 9.07 Å². The Morgan fingerprint density at radius 1 is 1.09 bits per heavy atom. The van der Waals surface area contributed by atoms with Crippen LogP contribution in [0.2, 0.25) is 5.02 Å². The molecule has 0 unspecified atom stereocenters. The highest BCUT2D eigenvalue weighted by Gasteiger charge is 2.10. The maximum Gasteiger partial charge on any atom is 0.287 e. The van der Waals surface area contributed by atoms with Crippen LogP contribution in [0.3, 0.4) is 0 Å². The Kier molecular flexibility index (Phi) is 4.39. The normalized spacial score (nSPS) is 10.5. The molecule has 6 heteroatoms. The van der Waals surface area contributed by atoms with E-state index >= 15 is 0 Å². The minimum absolute atomic E-state index is 0.0419. The van der Waals surface area contributed by atoms with Gasteiger partial charge in [0.05, 0.1) is 18.4 Å². The number of halogens is 2. The van der Waals surface area contributed by atoms with Crippen molar-refractivity contribution in [2.75, 3.05) is 5.32 Å². The smallest absolute Gasteiger partial charge is 0.287 e. The van der Waals surface area contributed by atoms with Crippen LogP contribution in [0, 0.1) is 5.82 Å². The van der Waals surface area contributed by atoms with Gasteiger partial charge in [-0.15, -0.1) is 0 Å². The zero-order valence-corrected chi connectivity index (χ0v) is 12.8. The van der Waals surface area contributed by atoms with Crippen LogP contribution >= 0.6 is 11.6 Å². The summed E-state index contributed by atoms with van der Waals surface area (Å²) in [4.78, 5) is 12.3. The average molecular weight is 330 g/mol. The van der Waals surface area contributed by atoms with E-state index in [0.29, 0.717) is 17.9 Å². The maximum absolute atomic E-state index is 12.9. The highest BCUT2D eigenvalue weighted by atomic mass is 35.5. The first-order valence-electron chi connectivity index (χ1n) is 6.95. The Morgan fingerprint density at radius 2 is 1.78 bits per heavy atom. The lowest BCUT2D eigenvalue weighted by Crippen LogP contribution is -2.24. The predicted molar refractivity (Wildman–Crippen MR) is 88.7 cm³/mol. The predicted octanol–water partition coefficient (Wildman–Crippen LogP) is 3.83. The van der Waals surface area contributed by atoms with Crippen LogP contribution in [0.4, 0.5) is 15.8 Å². The van der Waals surface area contributed by atoms with Crippen molar-refractivity contribution in [1.29, 1.82) is 0 Å². The molecule has 0 radical (unpaired) electrons. The van der Waals surface area contributed by atoms with E-state index in [0.717, 1.165) is 5.56 Å². The van der Waals surface area contributed by atoms with E-state index < -0.39 is 0 Å². The van der Waals surface area contributed by atoms with Gasteiger partial charge in [-0.3, -0.25) is 4.79 Å². The third-order valence-corrected chi connectivity index (χ3v) is 3.65. The molecular formula is C17H13ClFN3O.